The molecule has 8 heteroatoms. The van der Waals surface area contributed by atoms with Gasteiger partial charge in [0.25, 0.3) is 0 Å². The van der Waals surface area contributed by atoms with Crippen molar-refractivity contribution < 1.29 is 9.63 Å². The molecule has 146 valence electrons. The number of pyridine rings is 1. The number of likely N-dealkylation sites (tertiary alicyclic amines) is 1. The van der Waals surface area contributed by atoms with Crippen LogP contribution in [-0.4, -0.2) is 53.3 Å². The molecule has 1 saturated heterocycles. The van der Waals surface area contributed by atoms with E-state index < -0.39 is 0 Å². The van der Waals surface area contributed by atoms with Crippen molar-refractivity contribution >= 4 is 12.1 Å². The molecule has 1 amide bonds. The van der Waals surface area contributed by atoms with Crippen LogP contribution in [0.1, 0.15) is 49.8 Å². The van der Waals surface area contributed by atoms with E-state index in [9.17, 15) is 4.79 Å². The van der Waals surface area contributed by atoms with Crippen LogP contribution >= 0.6 is 0 Å². The summed E-state index contributed by atoms with van der Waals surface area (Å²) in [6.45, 7) is 0.975. The third kappa shape index (κ3) is 5.28. The number of rotatable bonds is 6. The summed E-state index contributed by atoms with van der Waals surface area (Å²) in [6.07, 6.45) is 8.38. The van der Waals surface area contributed by atoms with Crippen molar-refractivity contribution in [1.82, 2.24) is 15.2 Å². The Hall–Kier alpha value is -2.97. The van der Waals surface area contributed by atoms with Crippen LogP contribution < -0.4 is 5.32 Å². The lowest BCUT2D eigenvalue weighted by molar-refractivity contribution is -0.130. The lowest BCUT2D eigenvalue weighted by atomic mass is 9.93. The van der Waals surface area contributed by atoms with Gasteiger partial charge in [-0.25, -0.2) is 0 Å². The van der Waals surface area contributed by atoms with E-state index in [1.54, 1.807) is 23.2 Å². The molecule has 2 heterocycles. The Morgan fingerprint density at radius 3 is 2.82 bits per heavy atom. The SMILES string of the molecule is N#Cc1ccc(/C=N/OC2CCC(NCC(=O)N3CCC[C@H]3C#N)CC2)nc1. The monoisotopic (exact) mass is 380 g/mol. The van der Waals surface area contributed by atoms with Gasteiger partial charge in [0.1, 0.15) is 18.2 Å². The first-order valence-corrected chi connectivity index (χ1v) is 9.67. The number of hydrogen-bond acceptors (Lipinski definition) is 7. The average molecular weight is 380 g/mol. The first-order chi connectivity index (χ1) is 13.7. The fraction of sp³-hybridized carbons (Fsp3) is 0.550. The van der Waals surface area contributed by atoms with E-state index >= 15 is 0 Å². The van der Waals surface area contributed by atoms with Crippen molar-refractivity contribution in [2.75, 3.05) is 13.1 Å². The van der Waals surface area contributed by atoms with Gasteiger partial charge in [0.2, 0.25) is 5.91 Å². The second-order valence-electron chi connectivity index (χ2n) is 7.15. The Labute approximate surface area is 164 Å². The molecule has 1 aliphatic carbocycles. The average Bonchev–Trinajstić information content (AvgIpc) is 3.22. The molecular weight excluding hydrogens is 356 g/mol. The van der Waals surface area contributed by atoms with Crippen molar-refractivity contribution in [3.8, 4) is 12.1 Å². The van der Waals surface area contributed by atoms with Crippen LogP contribution in [0.25, 0.3) is 0 Å². The number of carbonyl (C=O) groups is 1. The maximum atomic E-state index is 12.3. The number of oxime groups is 1. The van der Waals surface area contributed by atoms with Crippen LogP contribution in [-0.2, 0) is 9.63 Å². The normalized spacial score (nSPS) is 24.6. The van der Waals surface area contributed by atoms with Gasteiger partial charge in [-0.05, 0) is 50.7 Å². The highest BCUT2D eigenvalue weighted by atomic mass is 16.6. The van der Waals surface area contributed by atoms with Crippen LogP contribution in [0.15, 0.2) is 23.5 Å². The van der Waals surface area contributed by atoms with Gasteiger partial charge in [-0.3, -0.25) is 9.78 Å². The Kier molecular flexibility index (Phi) is 6.94. The number of nitrogens with zero attached hydrogens (tertiary/aromatic N) is 5. The lowest BCUT2D eigenvalue weighted by Gasteiger charge is -2.28. The smallest absolute Gasteiger partial charge is 0.237 e. The zero-order valence-electron chi connectivity index (χ0n) is 15.8. The van der Waals surface area contributed by atoms with Gasteiger partial charge in [-0.15, -0.1) is 0 Å². The summed E-state index contributed by atoms with van der Waals surface area (Å²) in [5, 5.41) is 25.2. The predicted molar refractivity (Wildman–Crippen MR) is 102 cm³/mol. The van der Waals surface area contributed by atoms with Crippen LogP contribution in [0.4, 0.5) is 0 Å². The molecule has 3 rings (SSSR count). The number of hydrogen-bond donors (Lipinski definition) is 1. The second kappa shape index (κ2) is 9.82. The maximum Gasteiger partial charge on any atom is 0.237 e. The van der Waals surface area contributed by atoms with Crippen LogP contribution in [0, 0.1) is 22.7 Å². The largest absolute Gasteiger partial charge is 0.392 e. The molecular formula is C20H24N6O2. The summed E-state index contributed by atoms with van der Waals surface area (Å²) in [7, 11) is 0. The summed E-state index contributed by atoms with van der Waals surface area (Å²) in [5.74, 6) is 0.0157. The van der Waals surface area contributed by atoms with E-state index in [-0.39, 0.29) is 30.6 Å². The summed E-state index contributed by atoms with van der Waals surface area (Å²) in [5.41, 5.74) is 1.15. The quantitative estimate of drug-likeness (QED) is 0.594. The number of amides is 1. The Bertz CT molecular complexity index is 771. The molecule has 0 unspecified atom stereocenters. The topological polar surface area (TPSA) is 114 Å². The van der Waals surface area contributed by atoms with Crippen LogP contribution in [0.3, 0.4) is 0 Å². The van der Waals surface area contributed by atoms with Crippen LogP contribution in [0.5, 0.6) is 0 Å². The molecule has 0 radical (unpaired) electrons. The van der Waals surface area contributed by atoms with E-state index in [2.05, 4.69) is 21.5 Å². The van der Waals surface area contributed by atoms with Crippen molar-refractivity contribution in [2.45, 2.75) is 56.7 Å². The molecule has 2 fully saturated rings. The van der Waals surface area contributed by atoms with Crippen molar-refractivity contribution in [3.63, 3.8) is 0 Å². The fourth-order valence-electron chi connectivity index (χ4n) is 3.62. The van der Waals surface area contributed by atoms with E-state index in [1.807, 2.05) is 6.07 Å². The molecule has 1 aliphatic heterocycles. The van der Waals surface area contributed by atoms with Gasteiger partial charge in [0.05, 0.1) is 30.1 Å². The van der Waals surface area contributed by atoms with Crippen molar-refractivity contribution in [1.29, 1.82) is 10.5 Å². The maximum absolute atomic E-state index is 12.3. The first kappa shape index (κ1) is 19.8. The molecule has 1 aromatic heterocycles. The molecule has 1 aromatic rings. The molecule has 1 saturated carbocycles. The second-order valence-corrected chi connectivity index (χ2v) is 7.15. The zero-order valence-corrected chi connectivity index (χ0v) is 15.8. The molecule has 28 heavy (non-hydrogen) atoms. The van der Waals surface area contributed by atoms with E-state index in [0.29, 0.717) is 17.8 Å². The lowest BCUT2D eigenvalue weighted by Crippen LogP contribution is -2.44. The molecule has 0 spiro atoms. The van der Waals surface area contributed by atoms with Gasteiger partial charge < -0.3 is 15.1 Å². The van der Waals surface area contributed by atoms with E-state index in [0.717, 1.165) is 38.5 Å². The minimum absolute atomic E-state index is 0.0157. The van der Waals surface area contributed by atoms with Crippen molar-refractivity contribution in [3.05, 3.63) is 29.6 Å². The van der Waals surface area contributed by atoms with Crippen molar-refractivity contribution in [2.24, 2.45) is 5.16 Å². The summed E-state index contributed by atoms with van der Waals surface area (Å²) >= 11 is 0. The Balaban J connectivity index is 1.35. The standard InChI is InChI=1S/C20H24N6O2/c21-10-15-3-4-17(23-12-15)13-25-28-19-7-5-16(6-8-19)24-14-20(27)26-9-1-2-18(26)11-22/h3-4,12-13,16,18-19,24H,1-2,5-9,14H2/b25-13+/t16?,18-,19?/m0/s1. The zero-order chi connectivity index (χ0) is 19.8. The molecule has 2 aliphatic rings. The van der Waals surface area contributed by atoms with Gasteiger partial charge in [-0.1, -0.05) is 5.16 Å². The van der Waals surface area contributed by atoms with E-state index in [4.69, 9.17) is 15.4 Å². The number of nitriles is 2. The molecule has 1 atom stereocenters. The Morgan fingerprint density at radius 2 is 2.14 bits per heavy atom. The van der Waals surface area contributed by atoms with Gasteiger partial charge in [-0.2, -0.15) is 10.5 Å². The molecule has 0 bridgehead atoms. The third-order valence-corrected chi connectivity index (χ3v) is 5.25. The highest BCUT2D eigenvalue weighted by molar-refractivity contribution is 5.79. The predicted octanol–water partition coefficient (Wildman–Crippen LogP) is 1.72. The minimum atomic E-state index is -0.262. The summed E-state index contributed by atoms with van der Waals surface area (Å²) < 4.78 is 0. The highest BCUT2D eigenvalue weighted by Crippen LogP contribution is 2.22. The Morgan fingerprint density at radius 1 is 1.32 bits per heavy atom. The first-order valence-electron chi connectivity index (χ1n) is 9.67. The van der Waals surface area contributed by atoms with Gasteiger partial charge >= 0.3 is 0 Å². The molecule has 8 nitrogen and oxygen atoms in total. The number of aromatic nitrogens is 1. The number of carbonyl (C=O) groups excluding carboxylic acids is 1. The summed E-state index contributed by atoms with van der Waals surface area (Å²) in [4.78, 5) is 23.6. The number of nitrogens with one attached hydrogen (secondary N) is 1. The minimum Gasteiger partial charge on any atom is -0.392 e. The molecule has 1 N–H and O–H groups in total. The third-order valence-electron chi connectivity index (χ3n) is 5.25. The summed E-state index contributed by atoms with van der Waals surface area (Å²) in [6, 6.07) is 7.66. The molecule has 0 aromatic carbocycles. The highest BCUT2D eigenvalue weighted by Gasteiger charge is 2.29. The van der Waals surface area contributed by atoms with E-state index in [1.165, 1.54) is 6.20 Å². The van der Waals surface area contributed by atoms with Gasteiger partial charge in [0, 0.05) is 18.8 Å². The van der Waals surface area contributed by atoms with Gasteiger partial charge in [0.15, 0.2) is 0 Å². The fourth-order valence-corrected chi connectivity index (χ4v) is 3.62. The van der Waals surface area contributed by atoms with Crippen LogP contribution in [0.2, 0.25) is 0 Å².